The summed E-state index contributed by atoms with van der Waals surface area (Å²) in [5, 5.41) is 17.9. The normalized spacial score (nSPS) is 9.93. The van der Waals surface area contributed by atoms with Crippen molar-refractivity contribution in [2.45, 2.75) is 0 Å². The van der Waals surface area contributed by atoms with Gasteiger partial charge in [-0.25, -0.2) is 4.98 Å². The van der Waals surface area contributed by atoms with Crippen molar-refractivity contribution in [2.75, 3.05) is 5.73 Å². The first-order valence-electron chi connectivity index (χ1n) is 3.86. The predicted octanol–water partition coefficient (Wildman–Crippen LogP) is 0.789. The Kier molecular flexibility index (Phi) is 1.68. The summed E-state index contributed by atoms with van der Waals surface area (Å²) < 4.78 is 0. The predicted molar refractivity (Wildman–Crippen MR) is 50.3 cm³/mol. The Bertz CT molecular complexity index is 544. The first kappa shape index (κ1) is 8.26. The number of aromatic hydroxyl groups is 1. The van der Waals surface area contributed by atoms with Gasteiger partial charge in [-0.1, -0.05) is 0 Å². The molecule has 2 heterocycles. The van der Waals surface area contributed by atoms with Crippen LogP contribution in [0.3, 0.4) is 0 Å². The molecule has 0 saturated carbocycles. The highest BCUT2D eigenvalue weighted by Crippen LogP contribution is 2.25. The quantitative estimate of drug-likeness (QED) is 0.634. The summed E-state index contributed by atoms with van der Waals surface area (Å²) in [5.74, 6) is -0.125. The molecule has 0 bridgehead atoms. The molecular weight excluding hydrogens is 180 g/mol. The third-order valence-corrected chi connectivity index (χ3v) is 1.85. The molecule has 2 aromatic rings. The van der Waals surface area contributed by atoms with E-state index in [1.54, 1.807) is 12.1 Å². The molecule has 0 saturated heterocycles. The summed E-state index contributed by atoms with van der Waals surface area (Å²) in [6, 6.07) is 5.07. The number of rotatable bonds is 0. The number of hydrogen-bond donors (Lipinski definition) is 2. The molecule has 0 fully saturated rings. The number of aromatic nitrogens is 2. The van der Waals surface area contributed by atoms with Crippen LogP contribution in [0.15, 0.2) is 18.3 Å². The van der Waals surface area contributed by atoms with Crippen LogP contribution in [0.4, 0.5) is 5.69 Å². The summed E-state index contributed by atoms with van der Waals surface area (Å²) in [6.07, 6.45) is 1.26. The van der Waals surface area contributed by atoms with Gasteiger partial charge in [0.05, 0.1) is 11.7 Å². The summed E-state index contributed by atoms with van der Waals surface area (Å²) in [6.45, 7) is 0. The average molecular weight is 186 g/mol. The zero-order valence-corrected chi connectivity index (χ0v) is 7.10. The summed E-state index contributed by atoms with van der Waals surface area (Å²) in [7, 11) is 0. The van der Waals surface area contributed by atoms with E-state index in [1.807, 2.05) is 6.07 Å². The minimum Gasteiger partial charge on any atom is -0.504 e. The Balaban J connectivity index is 2.86. The Hall–Kier alpha value is -2.35. The van der Waals surface area contributed by atoms with Gasteiger partial charge in [0.25, 0.3) is 0 Å². The van der Waals surface area contributed by atoms with E-state index in [1.165, 1.54) is 6.20 Å². The van der Waals surface area contributed by atoms with Crippen molar-refractivity contribution in [1.29, 1.82) is 5.26 Å². The van der Waals surface area contributed by atoms with E-state index < -0.39 is 0 Å². The van der Waals surface area contributed by atoms with Crippen LogP contribution in [0, 0.1) is 11.3 Å². The van der Waals surface area contributed by atoms with E-state index in [-0.39, 0.29) is 17.1 Å². The fourth-order valence-electron chi connectivity index (χ4n) is 1.14. The Morgan fingerprint density at radius 2 is 2.21 bits per heavy atom. The van der Waals surface area contributed by atoms with Crippen LogP contribution in [0.5, 0.6) is 5.75 Å². The van der Waals surface area contributed by atoms with Crippen LogP contribution >= 0.6 is 0 Å². The van der Waals surface area contributed by atoms with Crippen LogP contribution in [0.25, 0.3) is 11.0 Å². The molecular formula is C9H6N4O. The number of hydrogen-bond acceptors (Lipinski definition) is 5. The molecule has 5 heteroatoms. The van der Waals surface area contributed by atoms with Crippen LogP contribution < -0.4 is 5.73 Å². The lowest BCUT2D eigenvalue weighted by Gasteiger charge is -2.02. The van der Waals surface area contributed by atoms with Crippen molar-refractivity contribution in [2.24, 2.45) is 0 Å². The van der Waals surface area contributed by atoms with Gasteiger partial charge in [-0.05, 0) is 12.1 Å². The van der Waals surface area contributed by atoms with E-state index in [4.69, 9.17) is 11.0 Å². The number of nitrogens with two attached hydrogens (primary N) is 1. The van der Waals surface area contributed by atoms with Crippen molar-refractivity contribution in [3.63, 3.8) is 0 Å². The highest BCUT2D eigenvalue weighted by atomic mass is 16.3. The van der Waals surface area contributed by atoms with Gasteiger partial charge in [0.15, 0.2) is 5.75 Å². The SMILES string of the molecule is N#Cc1ccc2ncc(O)c(N)c2n1. The lowest BCUT2D eigenvalue weighted by Crippen LogP contribution is -1.94. The molecule has 0 radical (unpaired) electrons. The minimum atomic E-state index is -0.125. The lowest BCUT2D eigenvalue weighted by molar-refractivity contribution is 0.476. The fourth-order valence-corrected chi connectivity index (χ4v) is 1.14. The van der Waals surface area contributed by atoms with Gasteiger partial charge in [0.2, 0.25) is 0 Å². The van der Waals surface area contributed by atoms with E-state index in [0.717, 1.165) is 0 Å². The lowest BCUT2D eigenvalue weighted by atomic mass is 10.2. The molecule has 14 heavy (non-hydrogen) atoms. The maximum atomic E-state index is 9.27. The molecule has 0 amide bonds. The van der Waals surface area contributed by atoms with Gasteiger partial charge in [0.1, 0.15) is 23.0 Å². The van der Waals surface area contributed by atoms with Crippen molar-refractivity contribution in [3.05, 3.63) is 24.0 Å². The van der Waals surface area contributed by atoms with E-state index in [9.17, 15) is 5.11 Å². The average Bonchev–Trinajstić information content (AvgIpc) is 2.23. The van der Waals surface area contributed by atoms with Gasteiger partial charge in [0, 0.05) is 0 Å². The number of anilines is 1. The third kappa shape index (κ3) is 1.10. The molecule has 0 atom stereocenters. The van der Waals surface area contributed by atoms with Crippen molar-refractivity contribution in [1.82, 2.24) is 9.97 Å². The smallest absolute Gasteiger partial charge is 0.159 e. The van der Waals surface area contributed by atoms with Crippen LogP contribution in [-0.4, -0.2) is 15.1 Å². The summed E-state index contributed by atoms with van der Waals surface area (Å²) >= 11 is 0. The monoisotopic (exact) mass is 186 g/mol. The molecule has 68 valence electrons. The van der Waals surface area contributed by atoms with E-state index >= 15 is 0 Å². The molecule has 5 nitrogen and oxygen atoms in total. The molecule has 3 N–H and O–H groups in total. The molecule has 0 aliphatic carbocycles. The van der Waals surface area contributed by atoms with Crippen LogP contribution in [-0.2, 0) is 0 Å². The van der Waals surface area contributed by atoms with Crippen molar-refractivity contribution in [3.8, 4) is 11.8 Å². The molecule has 0 aliphatic rings. The van der Waals surface area contributed by atoms with Crippen LogP contribution in [0.2, 0.25) is 0 Å². The van der Waals surface area contributed by atoms with Gasteiger partial charge < -0.3 is 10.8 Å². The molecule has 0 spiro atoms. The second kappa shape index (κ2) is 2.85. The topological polar surface area (TPSA) is 95.8 Å². The third-order valence-electron chi connectivity index (χ3n) is 1.85. The van der Waals surface area contributed by atoms with Crippen molar-refractivity contribution < 1.29 is 5.11 Å². The first-order chi connectivity index (χ1) is 6.72. The minimum absolute atomic E-state index is 0.125. The van der Waals surface area contributed by atoms with Gasteiger partial charge >= 0.3 is 0 Å². The molecule has 0 aliphatic heterocycles. The largest absolute Gasteiger partial charge is 0.504 e. The molecule has 0 aromatic carbocycles. The maximum absolute atomic E-state index is 9.27. The van der Waals surface area contributed by atoms with E-state index in [2.05, 4.69) is 9.97 Å². The van der Waals surface area contributed by atoms with Crippen LogP contribution in [0.1, 0.15) is 5.69 Å². The Morgan fingerprint density at radius 3 is 2.93 bits per heavy atom. The van der Waals surface area contributed by atoms with Gasteiger partial charge in [-0.15, -0.1) is 0 Å². The summed E-state index contributed by atoms with van der Waals surface area (Å²) in [4.78, 5) is 7.86. The number of fused-ring (bicyclic) bond motifs is 1. The standard InChI is InChI=1S/C9H6N4O/c10-3-5-1-2-6-9(13-5)8(11)7(14)4-12-6/h1-2,4,14H,(H2,11,12). The zero-order valence-electron chi connectivity index (χ0n) is 7.10. The molecule has 2 aromatic heterocycles. The summed E-state index contributed by atoms with van der Waals surface area (Å²) in [5.41, 5.74) is 6.88. The number of nitriles is 1. The Labute approximate surface area is 79.4 Å². The Morgan fingerprint density at radius 1 is 1.43 bits per heavy atom. The number of nitrogens with zero attached hydrogens (tertiary/aromatic N) is 3. The highest BCUT2D eigenvalue weighted by molar-refractivity contribution is 5.89. The molecule has 2 rings (SSSR count). The highest BCUT2D eigenvalue weighted by Gasteiger charge is 2.06. The fraction of sp³-hybridized carbons (Fsp3) is 0. The second-order valence-corrected chi connectivity index (χ2v) is 2.73. The maximum Gasteiger partial charge on any atom is 0.159 e. The van der Waals surface area contributed by atoms with Gasteiger partial charge in [-0.2, -0.15) is 5.26 Å². The number of pyridine rings is 2. The van der Waals surface area contributed by atoms with E-state index in [0.29, 0.717) is 11.0 Å². The van der Waals surface area contributed by atoms with Crippen molar-refractivity contribution >= 4 is 16.7 Å². The van der Waals surface area contributed by atoms with Gasteiger partial charge in [-0.3, -0.25) is 4.98 Å². The first-order valence-corrected chi connectivity index (χ1v) is 3.86. The number of nitrogen functional groups attached to an aromatic ring is 1. The molecule has 0 unspecified atom stereocenters. The zero-order chi connectivity index (χ0) is 10.1. The second-order valence-electron chi connectivity index (χ2n) is 2.73.